The molecule has 0 radical (unpaired) electrons. The third-order valence-corrected chi connectivity index (χ3v) is 4.47. The molecule has 1 aromatic heterocycles. The van der Waals surface area contributed by atoms with Gasteiger partial charge in [-0.2, -0.15) is 5.10 Å². The average Bonchev–Trinajstić information content (AvgIpc) is 2.85. The lowest BCUT2D eigenvalue weighted by Gasteiger charge is -2.32. The van der Waals surface area contributed by atoms with Gasteiger partial charge < -0.3 is 4.74 Å². The molecule has 2 heterocycles. The molecule has 1 aliphatic heterocycles. The van der Waals surface area contributed by atoms with Crippen LogP contribution < -0.4 is 4.74 Å². The van der Waals surface area contributed by atoms with Crippen LogP contribution >= 0.6 is 0 Å². The van der Waals surface area contributed by atoms with Crippen molar-refractivity contribution in [1.29, 1.82) is 0 Å². The van der Waals surface area contributed by atoms with Crippen molar-refractivity contribution >= 4 is 0 Å². The zero-order valence-electron chi connectivity index (χ0n) is 14.4. The third kappa shape index (κ3) is 4.54. The predicted octanol–water partition coefficient (Wildman–Crippen LogP) is 2.83. The van der Waals surface area contributed by atoms with Gasteiger partial charge in [-0.05, 0) is 51.3 Å². The van der Waals surface area contributed by atoms with E-state index in [0.29, 0.717) is 18.3 Å². The Bertz CT molecular complexity index is 673. The summed E-state index contributed by atoms with van der Waals surface area (Å²) in [5.74, 6) is 2.75. The van der Waals surface area contributed by atoms with Crippen molar-refractivity contribution < 1.29 is 9.13 Å². The Labute approximate surface area is 142 Å². The highest BCUT2D eigenvalue weighted by Gasteiger charge is 2.21. The van der Waals surface area contributed by atoms with Gasteiger partial charge in [0.05, 0.1) is 0 Å². The average molecular weight is 332 g/mol. The van der Waals surface area contributed by atoms with E-state index in [-0.39, 0.29) is 5.82 Å². The zero-order chi connectivity index (χ0) is 16.9. The normalized spacial score (nSPS) is 18.7. The Morgan fingerprint density at radius 3 is 2.96 bits per heavy atom. The monoisotopic (exact) mass is 332 g/mol. The second-order valence-corrected chi connectivity index (χ2v) is 6.50. The van der Waals surface area contributed by atoms with E-state index in [0.717, 1.165) is 37.8 Å². The molecule has 0 saturated carbocycles. The Hall–Kier alpha value is -1.95. The molecule has 0 unspecified atom stereocenters. The number of piperidine rings is 1. The minimum atomic E-state index is -0.260. The molecule has 24 heavy (non-hydrogen) atoms. The van der Waals surface area contributed by atoms with Crippen LogP contribution in [0.25, 0.3) is 0 Å². The van der Waals surface area contributed by atoms with E-state index in [2.05, 4.69) is 15.0 Å². The molecule has 5 nitrogen and oxygen atoms in total. The fourth-order valence-corrected chi connectivity index (χ4v) is 3.33. The summed E-state index contributed by atoms with van der Waals surface area (Å²) < 4.78 is 20.8. The molecule has 1 saturated heterocycles. The van der Waals surface area contributed by atoms with E-state index < -0.39 is 0 Å². The van der Waals surface area contributed by atoms with Crippen molar-refractivity contribution in [3.8, 4) is 5.75 Å². The highest BCUT2D eigenvalue weighted by molar-refractivity contribution is 5.22. The summed E-state index contributed by atoms with van der Waals surface area (Å²) in [5, 5.41) is 4.47. The van der Waals surface area contributed by atoms with Crippen molar-refractivity contribution in [2.45, 2.75) is 33.2 Å². The number of rotatable bonds is 6. The van der Waals surface area contributed by atoms with Crippen LogP contribution in [0.1, 0.15) is 24.5 Å². The summed E-state index contributed by atoms with van der Waals surface area (Å²) in [7, 11) is 0. The van der Waals surface area contributed by atoms with Crippen molar-refractivity contribution in [2.24, 2.45) is 5.92 Å². The predicted molar refractivity (Wildman–Crippen MR) is 90.6 cm³/mol. The summed E-state index contributed by atoms with van der Waals surface area (Å²) in [5.41, 5.74) is 0. The van der Waals surface area contributed by atoms with Gasteiger partial charge >= 0.3 is 0 Å². The largest absolute Gasteiger partial charge is 0.492 e. The molecule has 0 N–H and O–H groups in total. The van der Waals surface area contributed by atoms with E-state index in [1.807, 2.05) is 18.5 Å². The van der Waals surface area contributed by atoms with Crippen LogP contribution in [0, 0.1) is 25.6 Å². The van der Waals surface area contributed by atoms with Gasteiger partial charge in [-0.15, -0.1) is 0 Å². The fraction of sp³-hybridized carbons (Fsp3) is 0.556. The summed E-state index contributed by atoms with van der Waals surface area (Å²) in [6.45, 7) is 8.45. The van der Waals surface area contributed by atoms with Gasteiger partial charge in [-0.3, -0.25) is 4.90 Å². The Morgan fingerprint density at radius 2 is 2.21 bits per heavy atom. The van der Waals surface area contributed by atoms with Gasteiger partial charge in [0.25, 0.3) is 0 Å². The van der Waals surface area contributed by atoms with E-state index in [9.17, 15) is 4.39 Å². The smallest absolute Gasteiger partial charge is 0.147 e. The first-order valence-corrected chi connectivity index (χ1v) is 8.59. The van der Waals surface area contributed by atoms with Crippen molar-refractivity contribution in [2.75, 3.05) is 26.2 Å². The molecule has 2 aromatic rings. The van der Waals surface area contributed by atoms with Gasteiger partial charge in [0, 0.05) is 25.7 Å². The van der Waals surface area contributed by atoms with Crippen molar-refractivity contribution in [3.05, 3.63) is 41.7 Å². The van der Waals surface area contributed by atoms with E-state index in [1.165, 1.54) is 25.0 Å². The molecule has 1 atom stereocenters. The lowest BCUT2D eigenvalue weighted by molar-refractivity contribution is 0.136. The molecule has 1 aromatic carbocycles. The maximum Gasteiger partial charge on any atom is 0.147 e. The topological polar surface area (TPSA) is 43.2 Å². The Kier molecular flexibility index (Phi) is 5.45. The quantitative estimate of drug-likeness (QED) is 0.816. The minimum absolute atomic E-state index is 0.260. The summed E-state index contributed by atoms with van der Waals surface area (Å²) in [4.78, 5) is 6.80. The van der Waals surface area contributed by atoms with Crippen LogP contribution in [0.3, 0.4) is 0 Å². The zero-order valence-corrected chi connectivity index (χ0v) is 14.4. The van der Waals surface area contributed by atoms with Gasteiger partial charge in [0.2, 0.25) is 0 Å². The number of ether oxygens (including phenoxy) is 1. The second kappa shape index (κ2) is 7.75. The maximum absolute atomic E-state index is 13.1. The summed E-state index contributed by atoms with van der Waals surface area (Å²) in [6.07, 6.45) is 2.41. The molecule has 3 rings (SSSR count). The molecular formula is C18H25FN4O. The Balaban J connectivity index is 1.46. The molecule has 0 bridgehead atoms. The van der Waals surface area contributed by atoms with Gasteiger partial charge in [-0.1, -0.05) is 6.07 Å². The van der Waals surface area contributed by atoms with E-state index in [1.54, 1.807) is 12.1 Å². The molecule has 6 heteroatoms. The number of aromatic nitrogens is 3. The van der Waals surface area contributed by atoms with Gasteiger partial charge in [0.15, 0.2) is 0 Å². The van der Waals surface area contributed by atoms with Gasteiger partial charge in [-0.25, -0.2) is 14.1 Å². The van der Waals surface area contributed by atoms with E-state index in [4.69, 9.17) is 4.74 Å². The molecule has 1 aliphatic rings. The van der Waals surface area contributed by atoms with Crippen LogP contribution in [0.15, 0.2) is 24.3 Å². The second-order valence-electron chi connectivity index (χ2n) is 6.50. The number of aryl methyl sites for hydroxylation is 2. The number of nitrogens with zero attached hydrogens (tertiary/aromatic N) is 4. The number of hydrogen-bond donors (Lipinski definition) is 0. The number of halogens is 1. The first-order valence-electron chi connectivity index (χ1n) is 8.59. The highest BCUT2D eigenvalue weighted by Crippen LogP contribution is 2.19. The van der Waals surface area contributed by atoms with Crippen molar-refractivity contribution in [3.63, 3.8) is 0 Å². The molecule has 0 amide bonds. The fourth-order valence-electron chi connectivity index (χ4n) is 3.33. The van der Waals surface area contributed by atoms with Crippen LogP contribution in [0.2, 0.25) is 0 Å². The first-order chi connectivity index (χ1) is 11.6. The van der Waals surface area contributed by atoms with Crippen LogP contribution in [-0.4, -0.2) is 45.9 Å². The molecular weight excluding hydrogens is 307 g/mol. The van der Waals surface area contributed by atoms with Gasteiger partial charge in [0.1, 0.15) is 29.8 Å². The first kappa shape index (κ1) is 16.9. The number of hydrogen-bond acceptors (Lipinski definition) is 4. The number of benzene rings is 1. The minimum Gasteiger partial charge on any atom is -0.492 e. The van der Waals surface area contributed by atoms with E-state index >= 15 is 0 Å². The highest BCUT2D eigenvalue weighted by atomic mass is 19.1. The molecule has 0 aliphatic carbocycles. The lowest BCUT2D eigenvalue weighted by atomic mass is 9.98. The summed E-state index contributed by atoms with van der Waals surface area (Å²) in [6, 6.07) is 6.31. The Morgan fingerprint density at radius 1 is 1.33 bits per heavy atom. The van der Waals surface area contributed by atoms with Crippen LogP contribution in [0.4, 0.5) is 4.39 Å². The molecule has 130 valence electrons. The van der Waals surface area contributed by atoms with Crippen molar-refractivity contribution in [1.82, 2.24) is 19.7 Å². The molecule has 0 spiro atoms. The summed E-state index contributed by atoms with van der Waals surface area (Å²) >= 11 is 0. The SMILES string of the molecule is Cc1nc(C)n(C[C@@H]2CCCN(CCOc3cccc(F)c3)C2)n1. The molecule has 1 fully saturated rings. The van der Waals surface area contributed by atoms with Crippen LogP contribution in [-0.2, 0) is 6.54 Å². The number of likely N-dealkylation sites (tertiary alicyclic amines) is 1. The van der Waals surface area contributed by atoms with Crippen LogP contribution in [0.5, 0.6) is 5.75 Å². The third-order valence-electron chi connectivity index (χ3n) is 4.47. The standard InChI is InChI=1S/C18H25FN4O/c1-14-20-15(2)23(21-14)13-16-5-4-8-22(12-16)9-10-24-18-7-3-6-17(19)11-18/h3,6-7,11,16H,4-5,8-10,12-13H2,1-2H3/t16-/m1/s1. The maximum atomic E-state index is 13.1. The lowest BCUT2D eigenvalue weighted by Crippen LogP contribution is -2.39.